The maximum Gasteiger partial charge on any atom is 0.124 e. The van der Waals surface area contributed by atoms with E-state index in [1.54, 1.807) is 6.07 Å². The summed E-state index contributed by atoms with van der Waals surface area (Å²) in [5, 5.41) is 11.8. The van der Waals surface area contributed by atoms with E-state index in [1.165, 1.54) is 12.1 Å². The molecule has 1 aromatic carbocycles. The molecule has 0 aliphatic carbocycles. The lowest BCUT2D eigenvalue weighted by Crippen LogP contribution is -2.24. The molecule has 0 amide bonds. The van der Waals surface area contributed by atoms with Gasteiger partial charge in [-0.15, -0.1) is 0 Å². The van der Waals surface area contributed by atoms with Gasteiger partial charge in [0.25, 0.3) is 0 Å². The van der Waals surface area contributed by atoms with Crippen LogP contribution in [0.1, 0.15) is 18.5 Å². The maximum absolute atomic E-state index is 12.9. The molecule has 0 aliphatic heterocycles. The Morgan fingerprint density at radius 1 is 1.47 bits per heavy atom. The van der Waals surface area contributed by atoms with Crippen molar-refractivity contribution in [1.82, 2.24) is 5.32 Å². The molecular formula is C12H17BrFNO2. The van der Waals surface area contributed by atoms with Crippen LogP contribution in [0.3, 0.4) is 0 Å². The minimum atomic E-state index is -0.251. The van der Waals surface area contributed by atoms with Crippen LogP contribution in [0.5, 0.6) is 0 Å². The molecule has 1 aromatic rings. The highest BCUT2D eigenvalue weighted by Crippen LogP contribution is 2.23. The van der Waals surface area contributed by atoms with Crippen LogP contribution in [-0.2, 0) is 4.74 Å². The molecule has 96 valence electrons. The fraction of sp³-hybridized carbons (Fsp3) is 0.500. The monoisotopic (exact) mass is 305 g/mol. The SMILES string of the molecule is CC(NCCOCCO)c1ccc(F)cc1Br. The Balaban J connectivity index is 2.38. The fourth-order valence-electron chi connectivity index (χ4n) is 1.48. The molecule has 1 atom stereocenters. The molecule has 0 bridgehead atoms. The van der Waals surface area contributed by atoms with Gasteiger partial charge in [0.1, 0.15) is 5.82 Å². The number of rotatable bonds is 7. The highest BCUT2D eigenvalue weighted by molar-refractivity contribution is 9.10. The van der Waals surface area contributed by atoms with Crippen molar-refractivity contribution in [2.24, 2.45) is 0 Å². The Kier molecular flexibility index (Phi) is 6.65. The predicted molar refractivity (Wildman–Crippen MR) is 68.4 cm³/mol. The zero-order valence-corrected chi connectivity index (χ0v) is 11.3. The van der Waals surface area contributed by atoms with Gasteiger partial charge in [-0.2, -0.15) is 0 Å². The Morgan fingerprint density at radius 2 is 2.24 bits per heavy atom. The summed E-state index contributed by atoms with van der Waals surface area (Å²) in [7, 11) is 0. The standard InChI is InChI=1S/C12H17BrFNO2/c1-9(15-4-6-17-7-5-16)11-3-2-10(14)8-12(11)13/h2-3,8-9,15-16H,4-7H2,1H3. The smallest absolute Gasteiger partial charge is 0.124 e. The van der Waals surface area contributed by atoms with Crippen molar-refractivity contribution < 1.29 is 14.2 Å². The highest BCUT2D eigenvalue weighted by Gasteiger charge is 2.09. The zero-order valence-electron chi connectivity index (χ0n) is 9.75. The minimum absolute atomic E-state index is 0.0407. The quantitative estimate of drug-likeness (QED) is 0.759. The Bertz CT molecular complexity index is 349. The molecule has 2 N–H and O–H groups in total. The summed E-state index contributed by atoms with van der Waals surface area (Å²) in [4.78, 5) is 0. The maximum atomic E-state index is 12.9. The summed E-state index contributed by atoms with van der Waals surface area (Å²) < 4.78 is 18.8. The van der Waals surface area contributed by atoms with Crippen molar-refractivity contribution in [3.8, 4) is 0 Å². The van der Waals surface area contributed by atoms with Gasteiger partial charge in [0.15, 0.2) is 0 Å². The Labute approximate surface area is 109 Å². The van der Waals surface area contributed by atoms with Gasteiger partial charge in [-0.05, 0) is 24.6 Å². The third-order valence-corrected chi connectivity index (χ3v) is 3.05. The van der Waals surface area contributed by atoms with Gasteiger partial charge in [0, 0.05) is 17.1 Å². The molecule has 1 rings (SSSR count). The van der Waals surface area contributed by atoms with Crippen LogP contribution in [-0.4, -0.2) is 31.5 Å². The summed E-state index contributed by atoms with van der Waals surface area (Å²) >= 11 is 3.34. The van der Waals surface area contributed by atoms with Gasteiger partial charge >= 0.3 is 0 Å². The minimum Gasteiger partial charge on any atom is -0.394 e. The lowest BCUT2D eigenvalue weighted by atomic mass is 10.1. The highest BCUT2D eigenvalue weighted by atomic mass is 79.9. The lowest BCUT2D eigenvalue weighted by molar-refractivity contribution is 0.0928. The first-order valence-electron chi connectivity index (χ1n) is 5.52. The molecule has 0 saturated carbocycles. The Morgan fingerprint density at radius 3 is 2.88 bits per heavy atom. The molecule has 0 radical (unpaired) electrons. The lowest BCUT2D eigenvalue weighted by Gasteiger charge is -2.15. The summed E-state index contributed by atoms with van der Waals surface area (Å²) in [5.74, 6) is -0.251. The number of aliphatic hydroxyl groups excluding tert-OH is 1. The van der Waals surface area contributed by atoms with E-state index in [0.717, 1.165) is 10.0 Å². The Hall–Kier alpha value is -0.490. The first-order chi connectivity index (χ1) is 8.15. The second-order valence-electron chi connectivity index (χ2n) is 3.68. The molecule has 1 unspecified atom stereocenters. The second-order valence-corrected chi connectivity index (χ2v) is 4.53. The van der Waals surface area contributed by atoms with Gasteiger partial charge in [0.2, 0.25) is 0 Å². The molecule has 0 aliphatic rings. The first kappa shape index (κ1) is 14.6. The molecule has 0 heterocycles. The summed E-state index contributed by atoms with van der Waals surface area (Å²) in [6, 6.07) is 4.77. The fourth-order valence-corrected chi connectivity index (χ4v) is 2.17. The average molecular weight is 306 g/mol. The number of benzene rings is 1. The van der Waals surface area contributed by atoms with E-state index in [0.29, 0.717) is 19.8 Å². The van der Waals surface area contributed by atoms with Crippen LogP contribution in [0.15, 0.2) is 22.7 Å². The van der Waals surface area contributed by atoms with Gasteiger partial charge in [-0.25, -0.2) is 4.39 Å². The van der Waals surface area contributed by atoms with E-state index < -0.39 is 0 Å². The second kappa shape index (κ2) is 7.76. The van der Waals surface area contributed by atoms with Gasteiger partial charge < -0.3 is 15.2 Å². The van der Waals surface area contributed by atoms with E-state index in [-0.39, 0.29) is 18.5 Å². The van der Waals surface area contributed by atoms with Gasteiger partial charge in [-0.3, -0.25) is 0 Å². The number of ether oxygens (including phenoxy) is 1. The van der Waals surface area contributed by atoms with Crippen molar-refractivity contribution in [2.45, 2.75) is 13.0 Å². The van der Waals surface area contributed by atoms with Crippen LogP contribution in [0.2, 0.25) is 0 Å². The van der Waals surface area contributed by atoms with E-state index in [9.17, 15) is 4.39 Å². The van der Waals surface area contributed by atoms with E-state index >= 15 is 0 Å². The molecule has 0 aromatic heterocycles. The van der Waals surface area contributed by atoms with Crippen LogP contribution in [0.25, 0.3) is 0 Å². The molecule has 3 nitrogen and oxygen atoms in total. The topological polar surface area (TPSA) is 41.5 Å². The van der Waals surface area contributed by atoms with Crippen LogP contribution < -0.4 is 5.32 Å². The normalized spacial score (nSPS) is 12.7. The van der Waals surface area contributed by atoms with Crippen LogP contribution >= 0.6 is 15.9 Å². The summed E-state index contributed by atoms with van der Waals surface area (Å²) in [6.07, 6.45) is 0. The molecule has 0 saturated heterocycles. The molecule has 0 fully saturated rings. The number of aliphatic hydroxyl groups is 1. The van der Waals surface area contributed by atoms with Crippen molar-refractivity contribution in [2.75, 3.05) is 26.4 Å². The first-order valence-corrected chi connectivity index (χ1v) is 6.31. The van der Waals surface area contributed by atoms with Crippen molar-refractivity contribution in [1.29, 1.82) is 0 Å². The molecule has 0 spiro atoms. The molecule has 17 heavy (non-hydrogen) atoms. The van der Waals surface area contributed by atoms with Crippen molar-refractivity contribution in [3.63, 3.8) is 0 Å². The largest absolute Gasteiger partial charge is 0.394 e. The number of nitrogens with one attached hydrogen (secondary N) is 1. The molecule has 5 heteroatoms. The van der Waals surface area contributed by atoms with E-state index in [2.05, 4.69) is 21.2 Å². The average Bonchev–Trinajstić information content (AvgIpc) is 2.28. The zero-order chi connectivity index (χ0) is 12.7. The summed E-state index contributed by atoms with van der Waals surface area (Å²) in [5.41, 5.74) is 1.01. The van der Waals surface area contributed by atoms with E-state index in [1.807, 2.05) is 6.92 Å². The summed E-state index contributed by atoms with van der Waals surface area (Å²) in [6.45, 7) is 3.63. The van der Waals surface area contributed by atoms with Gasteiger partial charge in [0.05, 0.1) is 19.8 Å². The number of halogens is 2. The van der Waals surface area contributed by atoms with Gasteiger partial charge in [-0.1, -0.05) is 22.0 Å². The van der Waals surface area contributed by atoms with Crippen LogP contribution in [0.4, 0.5) is 4.39 Å². The molecular weight excluding hydrogens is 289 g/mol. The third kappa shape index (κ3) is 5.12. The van der Waals surface area contributed by atoms with Crippen LogP contribution in [0, 0.1) is 5.82 Å². The number of hydrogen-bond acceptors (Lipinski definition) is 3. The predicted octanol–water partition coefficient (Wildman–Crippen LogP) is 2.25. The van der Waals surface area contributed by atoms with Crippen molar-refractivity contribution >= 4 is 15.9 Å². The number of hydrogen-bond donors (Lipinski definition) is 2. The van der Waals surface area contributed by atoms with E-state index in [4.69, 9.17) is 9.84 Å². The van der Waals surface area contributed by atoms with Crippen molar-refractivity contribution in [3.05, 3.63) is 34.1 Å². The third-order valence-electron chi connectivity index (χ3n) is 2.36.